The van der Waals surface area contributed by atoms with E-state index in [0.29, 0.717) is 67.8 Å². The summed E-state index contributed by atoms with van der Waals surface area (Å²) in [6.07, 6.45) is 7.15. The molecular formula is C27H33N7O4. The number of rotatable bonds is 9. The zero-order valence-corrected chi connectivity index (χ0v) is 21.7. The number of fused-ring (bicyclic) bond motifs is 1. The fraction of sp³-hybridized carbons (Fsp3) is 0.444. The summed E-state index contributed by atoms with van der Waals surface area (Å²) in [5, 5.41) is 25.2. The van der Waals surface area contributed by atoms with Crippen LogP contribution < -0.4 is 15.5 Å². The van der Waals surface area contributed by atoms with Gasteiger partial charge in [0.1, 0.15) is 23.8 Å². The third-order valence-electron chi connectivity index (χ3n) is 6.54. The van der Waals surface area contributed by atoms with Crippen molar-refractivity contribution in [3.8, 4) is 6.07 Å². The van der Waals surface area contributed by atoms with Crippen molar-refractivity contribution in [3.05, 3.63) is 46.8 Å². The maximum atomic E-state index is 13.4. The quantitative estimate of drug-likeness (QED) is 0.429. The number of carbonyl (C=O) groups excluding carboxylic acids is 2. The van der Waals surface area contributed by atoms with Crippen LogP contribution in [0.15, 0.2) is 24.4 Å². The normalized spacial score (nSPS) is 17.0. The maximum Gasteiger partial charge on any atom is 0.328 e. The largest absolute Gasteiger partial charge is 0.383 e. The van der Waals surface area contributed by atoms with Crippen molar-refractivity contribution in [1.82, 2.24) is 14.9 Å². The number of allylic oxidation sites excluding steroid dienone is 1. The lowest BCUT2D eigenvalue weighted by Gasteiger charge is -2.30. The van der Waals surface area contributed by atoms with Crippen molar-refractivity contribution < 1.29 is 19.4 Å². The fourth-order valence-electron chi connectivity index (χ4n) is 4.56. The Bertz CT molecular complexity index is 1260. The second kappa shape index (κ2) is 12.5. The van der Waals surface area contributed by atoms with Gasteiger partial charge in [-0.25, -0.2) is 14.8 Å². The van der Waals surface area contributed by atoms with Gasteiger partial charge in [-0.05, 0) is 49.0 Å². The number of ether oxygens (including phenoxy) is 1. The van der Waals surface area contributed by atoms with Crippen LogP contribution in [0.2, 0.25) is 0 Å². The van der Waals surface area contributed by atoms with Crippen molar-refractivity contribution in [2.45, 2.75) is 45.3 Å². The van der Waals surface area contributed by atoms with Crippen LogP contribution in [-0.2, 0) is 22.5 Å². The van der Waals surface area contributed by atoms with E-state index < -0.39 is 6.10 Å². The summed E-state index contributed by atoms with van der Waals surface area (Å²) in [5.74, 6) is 0.628. The molecule has 11 heteroatoms. The molecule has 2 aromatic rings. The van der Waals surface area contributed by atoms with Gasteiger partial charge >= 0.3 is 6.03 Å². The van der Waals surface area contributed by atoms with Gasteiger partial charge in [0.05, 0.1) is 23.6 Å². The average molecular weight is 520 g/mol. The molecule has 11 nitrogen and oxygen atoms in total. The monoisotopic (exact) mass is 519 g/mol. The first-order valence-corrected chi connectivity index (χ1v) is 12.8. The number of nitrogens with one attached hydrogen (secondary N) is 2. The van der Waals surface area contributed by atoms with Crippen molar-refractivity contribution in [2.75, 3.05) is 48.9 Å². The molecule has 3 N–H and O–H groups in total. The van der Waals surface area contributed by atoms with Crippen molar-refractivity contribution >= 4 is 35.3 Å². The van der Waals surface area contributed by atoms with E-state index in [4.69, 9.17) is 9.72 Å². The first kappa shape index (κ1) is 27.0. The van der Waals surface area contributed by atoms with Gasteiger partial charge in [-0.3, -0.25) is 15.0 Å². The van der Waals surface area contributed by atoms with Crippen molar-refractivity contribution in [1.29, 1.82) is 5.26 Å². The number of methoxy groups -OCH3 is 1. The Morgan fingerprint density at radius 3 is 2.92 bits per heavy atom. The van der Waals surface area contributed by atoms with Gasteiger partial charge in [0.15, 0.2) is 0 Å². The van der Waals surface area contributed by atoms with Gasteiger partial charge in [-0.1, -0.05) is 13.0 Å². The van der Waals surface area contributed by atoms with E-state index in [-0.39, 0.29) is 11.9 Å². The number of aliphatic hydroxyl groups is 1. The van der Waals surface area contributed by atoms with Gasteiger partial charge in [0, 0.05) is 45.6 Å². The fourth-order valence-corrected chi connectivity index (χ4v) is 4.56. The van der Waals surface area contributed by atoms with Gasteiger partial charge in [-0.2, -0.15) is 5.26 Å². The molecule has 1 atom stereocenters. The molecule has 1 fully saturated rings. The SMILES string of the molecule is CC/C=C/c1nc2c(cc1CN1CCC(O)C1=O)CCCN2C(=O)Nc1cc(NCCOC)c(C#N)cn1. The third kappa shape index (κ3) is 6.10. The Morgan fingerprint density at radius 1 is 1.37 bits per heavy atom. The summed E-state index contributed by atoms with van der Waals surface area (Å²) < 4.78 is 5.05. The average Bonchev–Trinajstić information content (AvgIpc) is 3.24. The smallest absolute Gasteiger partial charge is 0.328 e. The Morgan fingerprint density at radius 2 is 2.21 bits per heavy atom. The summed E-state index contributed by atoms with van der Waals surface area (Å²) in [5.41, 5.74) is 3.44. The number of carbonyl (C=O) groups is 2. The second-order valence-corrected chi connectivity index (χ2v) is 9.22. The molecule has 2 aromatic heterocycles. The lowest BCUT2D eigenvalue weighted by molar-refractivity contribution is -0.134. The molecule has 200 valence electrons. The molecule has 0 radical (unpaired) electrons. The molecule has 38 heavy (non-hydrogen) atoms. The summed E-state index contributed by atoms with van der Waals surface area (Å²) in [6.45, 7) is 4.35. The van der Waals surface area contributed by atoms with Crippen LogP contribution >= 0.6 is 0 Å². The molecule has 1 saturated heterocycles. The number of likely N-dealkylation sites (tertiary alicyclic amines) is 1. The van der Waals surface area contributed by atoms with E-state index in [9.17, 15) is 20.0 Å². The molecule has 0 saturated carbocycles. The number of aliphatic hydroxyl groups excluding tert-OH is 1. The number of aryl methyl sites for hydroxylation is 1. The highest BCUT2D eigenvalue weighted by molar-refractivity contribution is 6.01. The van der Waals surface area contributed by atoms with Gasteiger partial charge in [0.2, 0.25) is 0 Å². The van der Waals surface area contributed by atoms with E-state index in [1.165, 1.54) is 6.20 Å². The number of hydrogen-bond acceptors (Lipinski definition) is 8. The molecular weight excluding hydrogens is 486 g/mol. The predicted molar refractivity (Wildman–Crippen MR) is 144 cm³/mol. The van der Waals surface area contributed by atoms with Crippen LogP contribution in [0.3, 0.4) is 0 Å². The number of nitrogens with zero attached hydrogens (tertiary/aromatic N) is 5. The van der Waals surface area contributed by atoms with E-state index in [1.807, 2.05) is 25.1 Å². The summed E-state index contributed by atoms with van der Waals surface area (Å²) in [7, 11) is 1.60. The van der Waals surface area contributed by atoms with E-state index in [1.54, 1.807) is 23.0 Å². The van der Waals surface area contributed by atoms with Crippen molar-refractivity contribution in [2.24, 2.45) is 0 Å². The van der Waals surface area contributed by atoms with Crippen LogP contribution in [0, 0.1) is 11.3 Å². The molecule has 0 spiro atoms. The predicted octanol–water partition coefficient (Wildman–Crippen LogP) is 2.91. The molecule has 0 bridgehead atoms. The van der Waals surface area contributed by atoms with Crippen LogP contribution in [0.4, 0.5) is 22.1 Å². The highest BCUT2D eigenvalue weighted by Crippen LogP contribution is 2.30. The summed E-state index contributed by atoms with van der Waals surface area (Å²) in [6, 6.07) is 5.38. The molecule has 0 aromatic carbocycles. The minimum absolute atomic E-state index is 0.264. The number of nitriles is 1. The van der Waals surface area contributed by atoms with Crippen molar-refractivity contribution in [3.63, 3.8) is 0 Å². The molecule has 1 unspecified atom stereocenters. The molecule has 2 aliphatic heterocycles. The zero-order chi connectivity index (χ0) is 27.1. The lowest BCUT2D eigenvalue weighted by Crippen LogP contribution is -2.40. The molecule has 4 heterocycles. The maximum absolute atomic E-state index is 13.4. The highest BCUT2D eigenvalue weighted by atomic mass is 16.5. The van der Waals surface area contributed by atoms with Crippen LogP contribution in [0.1, 0.15) is 48.6 Å². The summed E-state index contributed by atoms with van der Waals surface area (Å²) in [4.78, 5) is 38.0. The minimum Gasteiger partial charge on any atom is -0.383 e. The minimum atomic E-state index is -0.944. The second-order valence-electron chi connectivity index (χ2n) is 9.22. The number of hydrogen-bond donors (Lipinski definition) is 3. The van der Waals surface area contributed by atoms with Gasteiger partial charge in [-0.15, -0.1) is 0 Å². The number of pyridine rings is 2. The molecule has 4 rings (SSSR count). The Hall–Kier alpha value is -4.01. The number of aromatic nitrogens is 2. The Labute approximate surface area is 222 Å². The Kier molecular flexibility index (Phi) is 8.89. The van der Waals surface area contributed by atoms with Crippen LogP contribution in [0.25, 0.3) is 6.08 Å². The van der Waals surface area contributed by atoms with E-state index in [0.717, 1.165) is 30.4 Å². The third-order valence-corrected chi connectivity index (χ3v) is 6.54. The Balaban J connectivity index is 1.58. The lowest BCUT2D eigenvalue weighted by atomic mass is 10.0. The molecule has 2 aliphatic rings. The topological polar surface area (TPSA) is 144 Å². The van der Waals surface area contributed by atoms with Crippen LogP contribution in [-0.4, -0.2) is 71.4 Å². The standard InChI is InChI=1S/C27H33N7O4/c1-3-4-7-21-19(17-33-11-8-23(35)26(33)36)13-18-6-5-10-34(25(18)31-21)27(37)32-24-14-22(29-9-12-38-2)20(15-28)16-30-24/h4,7,13-14,16,23,35H,3,5-6,8-12,17H2,1-2H3,(H2,29,30,32,37)/b7-4+. The van der Waals surface area contributed by atoms with E-state index >= 15 is 0 Å². The highest BCUT2D eigenvalue weighted by Gasteiger charge is 2.31. The number of urea groups is 1. The number of anilines is 3. The first-order valence-electron chi connectivity index (χ1n) is 12.8. The van der Waals surface area contributed by atoms with Crippen LogP contribution in [0.5, 0.6) is 0 Å². The molecule has 0 aliphatic carbocycles. The number of amides is 3. The molecule has 3 amide bonds. The van der Waals surface area contributed by atoms with Gasteiger partial charge in [0.25, 0.3) is 5.91 Å². The first-order chi connectivity index (χ1) is 18.4. The van der Waals surface area contributed by atoms with Gasteiger partial charge < -0.3 is 20.1 Å². The zero-order valence-electron chi connectivity index (χ0n) is 21.7. The van der Waals surface area contributed by atoms with E-state index in [2.05, 4.69) is 21.7 Å². The summed E-state index contributed by atoms with van der Waals surface area (Å²) >= 11 is 0.